The van der Waals surface area contributed by atoms with E-state index in [9.17, 15) is 4.79 Å². The summed E-state index contributed by atoms with van der Waals surface area (Å²) < 4.78 is 0. The number of hydrogen-bond donors (Lipinski definition) is 5. The first-order valence-electron chi connectivity index (χ1n) is 11.3. The summed E-state index contributed by atoms with van der Waals surface area (Å²) >= 11 is 0. The Hall–Kier alpha value is -3.14. The average Bonchev–Trinajstić information content (AvgIpc) is 3.19. The van der Waals surface area contributed by atoms with Gasteiger partial charge in [-0.1, -0.05) is 27.2 Å². The highest BCUT2D eigenvalue weighted by atomic mass is 16.1. The zero-order valence-electron chi connectivity index (χ0n) is 19.4. The van der Waals surface area contributed by atoms with E-state index in [1.165, 1.54) is 6.08 Å². The number of nitrogens with two attached hydrogens (primary N) is 1. The largest absolute Gasteiger partial charge is 0.402 e. The summed E-state index contributed by atoms with van der Waals surface area (Å²) in [6, 6.07) is 4.25. The van der Waals surface area contributed by atoms with Gasteiger partial charge in [0.2, 0.25) is 5.95 Å². The molecule has 3 heterocycles. The maximum atomic E-state index is 12.3. The third-order valence-electron chi connectivity index (χ3n) is 5.23. The van der Waals surface area contributed by atoms with Crippen LogP contribution >= 0.6 is 0 Å². The second-order valence-electron chi connectivity index (χ2n) is 8.51. The van der Waals surface area contributed by atoms with Crippen LogP contribution in [-0.4, -0.2) is 58.2 Å². The van der Waals surface area contributed by atoms with Crippen molar-refractivity contribution in [2.45, 2.75) is 46.6 Å². The van der Waals surface area contributed by atoms with Gasteiger partial charge in [0.05, 0.1) is 6.54 Å². The number of piperazine rings is 1. The number of carbonyl (C=O) groups excluding carboxylic acids is 1. The predicted molar refractivity (Wildman–Crippen MR) is 128 cm³/mol. The fraction of sp³-hybridized carbons (Fsp3) is 0.545. The van der Waals surface area contributed by atoms with Gasteiger partial charge < -0.3 is 26.6 Å². The number of anilines is 4. The predicted octanol–water partition coefficient (Wildman–Crippen LogP) is 2.17. The maximum absolute atomic E-state index is 12.3. The van der Waals surface area contributed by atoms with Crippen molar-refractivity contribution in [1.82, 2.24) is 25.5 Å². The quantitative estimate of drug-likeness (QED) is 0.351. The molecule has 0 saturated carbocycles. The third-order valence-corrected chi connectivity index (χ3v) is 5.23. The molecule has 0 spiro atoms. The Morgan fingerprint density at radius 1 is 1.34 bits per heavy atom. The molecule has 0 bridgehead atoms. The maximum Gasteiger partial charge on any atom is 0.227 e. The number of nitrogens with zero attached hydrogens (tertiary/aromatic N) is 4. The minimum Gasteiger partial charge on any atom is -0.402 e. The van der Waals surface area contributed by atoms with Crippen molar-refractivity contribution in [3.8, 4) is 0 Å². The first-order chi connectivity index (χ1) is 15.3. The molecule has 1 fully saturated rings. The number of H-pyrrole nitrogens is 1. The molecular formula is C22H35N9O. The fourth-order valence-electron chi connectivity index (χ4n) is 3.40. The van der Waals surface area contributed by atoms with Crippen molar-refractivity contribution in [3.05, 3.63) is 29.6 Å². The Bertz CT molecular complexity index is 937. The van der Waals surface area contributed by atoms with Gasteiger partial charge >= 0.3 is 0 Å². The van der Waals surface area contributed by atoms with Crippen molar-refractivity contribution >= 4 is 29.2 Å². The Kier molecular flexibility index (Phi) is 8.04. The highest BCUT2D eigenvalue weighted by molar-refractivity contribution is 5.93. The number of aryl methyl sites for hydroxylation is 1. The first-order valence-corrected chi connectivity index (χ1v) is 11.3. The standard InChI is InChI=1S/C22H35N9O/c1-5-6-16-9-20(30-29-16)26-19-11-21(31-8-7-24-15(4)13-31)28-22(27-19)25-12-17(32)10-18(23)14(2)3/h9-11,14-15,24H,5-8,12-13,23H2,1-4H3,(H3,25,26,27,28,29,30)/b18-10-. The minimum absolute atomic E-state index is 0.0668. The van der Waals surface area contributed by atoms with Crippen molar-refractivity contribution in [1.29, 1.82) is 0 Å². The lowest BCUT2D eigenvalue weighted by molar-refractivity contribution is -0.113. The molecule has 1 aliphatic heterocycles. The van der Waals surface area contributed by atoms with E-state index in [0.717, 1.165) is 44.0 Å². The monoisotopic (exact) mass is 441 g/mol. The van der Waals surface area contributed by atoms with Gasteiger partial charge in [-0.25, -0.2) is 0 Å². The molecule has 1 saturated heterocycles. The van der Waals surface area contributed by atoms with Crippen LogP contribution in [0.3, 0.4) is 0 Å². The van der Waals surface area contributed by atoms with Gasteiger partial charge in [-0.3, -0.25) is 9.89 Å². The van der Waals surface area contributed by atoms with Gasteiger partial charge in [0.15, 0.2) is 11.6 Å². The van der Waals surface area contributed by atoms with Crippen LogP contribution in [0.1, 0.15) is 39.8 Å². The van der Waals surface area contributed by atoms with E-state index in [-0.39, 0.29) is 18.2 Å². The van der Waals surface area contributed by atoms with Gasteiger partial charge in [-0.05, 0) is 19.3 Å². The van der Waals surface area contributed by atoms with E-state index in [1.807, 2.05) is 26.0 Å². The lowest BCUT2D eigenvalue weighted by Crippen LogP contribution is -2.49. The Labute approximate surface area is 189 Å². The van der Waals surface area contributed by atoms with Crippen LogP contribution in [0.5, 0.6) is 0 Å². The molecule has 10 heteroatoms. The van der Waals surface area contributed by atoms with Crippen molar-refractivity contribution < 1.29 is 4.79 Å². The van der Waals surface area contributed by atoms with E-state index >= 15 is 0 Å². The van der Waals surface area contributed by atoms with Crippen LogP contribution < -0.4 is 26.6 Å². The summed E-state index contributed by atoms with van der Waals surface area (Å²) in [5.74, 6) is 2.49. The average molecular weight is 442 g/mol. The summed E-state index contributed by atoms with van der Waals surface area (Å²) in [6.07, 6.45) is 3.44. The second-order valence-corrected chi connectivity index (χ2v) is 8.51. The van der Waals surface area contributed by atoms with Crippen LogP contribution in [0.4, 0.5) is 23.4 Å². The molecule has 0 radical (unpaired) electrons. The Morgan fingerprint density at radius 2 is 2.16 bits per heavy atom. The number of aromatic amines is 1. The SMILES string of the molecule is CCCc1cc(Nc2cc(N3CCNC(C)C3)nc(NCC(=O)/C=C(\N)C(C)C)n2)n[nH]1. The number of ketones is 1. The van der Waals surface area contributed by atoms with E-state index in [2.05, 4.69) is 54.9 Å². The number of carbonyl (C=O) groups is 1. The number of hydrogen-bond acceptors (Lipinski definition) is 9. The van der Waals surface area contributed by atoms with Crippen LogP contribution in [0.15, 0.2) is 23.9 Å². The van der Waals surface area contributed by atoms with E-state index < -0.39 is 0 Å². The zero-order chi connectivity index (χ0) is 23.1. The molecule has 1 aliphatic rings. The van der Waals surface area contributed by atoms with Crippen LogP contribution in [-0.2, 0) is 11.2 Å². The van der Waals surface area contributed by atoms with Crippen molar-refractivity contribution in [3.63, 3.8) is 0 Å². The van der Waals surface area contributed by atoms with E-state index in [1.54, 1.807) is 0 Å². The molecule has 0 amide bonds. The van der Waals surface area contributed by atoms with Gasteiger partial charge in [0, 0.05) is 55.3 Å². The normalized spacial score (nSPS) is 17.0. The van der Waals surface area contributed by atoms with Gasteiger partial charge in [-0.15, -0.1) is 0 Å². The van der Waals surface area contributed by atoms with Crippen molar-refractivity contribution in [2.75, 3.05) is 41.7 Å². The second kappa shape index (κ2) is 10.9. The molecule has 0 aromatic carbocycles. The highest BCUT2D eigenvalue weighted by Gasteiger charge is 2.19. The van der Waals surface area contributed by atoms with E-state index in [4.69, 9.17) is 5.73 Å². The molecule has 1 atom stereocenters. The third kappa shape index (κ3) is 6.68. The topological polar surface area (TPSA) is 137 Å². The molecule has 174 valence electrons. The van der Waals surface area contributed by atoms with Crippen molar-refractivity contribution in [2.24, 2.45) is 11.7 Å². The summed E-state index contributed by atoms with van der Waals surface area (Å²) in [5, 5.41) is 17.1. The summed E-state index contributed by atoms with van der Waals surface area (Å²) in [6.45, 7) is 10.8. The molecule has 10 nitrogen and oxygen atoms in total. The molecule has 2 aromatic rings. The number of rotatable bonds is 10. The molecule has 1 unspecified atom stereocenters. The van der Waals surface area contributed by atoms with E-state index in [0.29, 0.717) is 29.3 Å². The first kappa shape index (κ1) is 23.5. The molecule has 32 heavy (non-hydrogen) atoms. The summed E-state index contributed by atoms with van der Waals surface area (Å²) in [5.41, 5.74) is 7.53. The molecule has 2 aromatic heterocycles. The lowest BCUT2D eigenvalue weighted by atomic mass is 10.1. The summed E-state index contributed by atoms with van der Waals surface area (Å²) in [7, 11) is 0. The number of allylic oxidation sites excluding steroid dienone is 1. The highest BCUT2D eigenvalue weighted by Crippen LogP contribution is 2.22. The Balaban J connectivity index is 1.79. The molecule has 6 N–H and O–H groups in total. The van der Waals surface area contributed by atoms with Gasteiger partial charge in [-0.2, -0.15) is 15.1 Å². The van der Waals surface area contributed by atoms with Crippen LogP contribution in [0.2, 0.25) is 0 Å². The number of nitrogens with one attached hydrogen (secondary N) is 4. The van der Waals surface area contributed by atoms with Crippen LogP contribution in [0.25, 0.3) is 0 Å². The fourth-order valence-corrected chi connectivity index (χ4v) is 3.40. The minimum atomic E-state index is -0.119. The van der Waals surface area contributed by atoms with Crippen LogP contribution in [0, 0.1) is 5.92 Å². The van der Waals surface area contributed by atoms with Gasteiger partial charge in [0.1, 0.15) is 11.6 Å². The smallest absolute Gasteiger partial charge is 0.227 e. The zero-order valence-corrected chi connectivity index (χ0v) is 19.4. The molecule has 3 rings (SSSR count). The molecular weight excluding hydrogens is 406 g/mol. The lowest BCUT2D eigenvalue weighted by Gasteiger charge is -2.33. The Morgan fingerprint density at radius 3 is 2.88 bits per heavy atom. The van der Waals surface area contributed by atoms with Gasteiger partial charge in [0.25, 0.3) is 0 Å². The number of aromatic nitrogens is 4. The summed E-state index contributed by atoms with van der Waals surface area (Å²) in [4.78, 5) is 23.7. The molecule has 0 aliphatic carbocycles.